The predicted octanol–water partition coefficient (Wildman–Crippen LogP) is 4.01. The molecule has 16 heavy (non-hydrogen) atoms. The number of aryl methyl sites for hydroxylation is 1. The van der Waals surface area contributed by atoms with Gasteiger partial charge in [-0.15, -0.1) is 0 Å². The Morgan fingerprint density at radius 3 is 2.94 bits per heavy atom. The summed E-state index contributed by atoms with van der Waals surface area (Å²) in [5.74, 6) is 1.07. The van der Waals surface area contributed by atoms with Crippen molar-refractivity contribution in [3.8, 4) is 0 Å². The molecule has 1 aromatic heterocycles. The highest BCUT2D eigenvalue weighted by atomic mass is 16.5. The molecule has 0 aliphatic carbocycles. The summed E-state index contributed by atoms with van der Waals surface area (Å²) in [6.07, 6.45) is 8.66. The van der Waals surface area contributed by atoms with Gasteiger partial charge in [-0.05, 0) is 38.3 Å². The maximum Gasteiger partial charge on any atom is 0.103 e. The SMILES string of the molecule is [CH2]CCCC(C)OCCCCc1ccco1. The van der Waals surface area contributed by atoms with E-state index in [4.69, 9.17) is 9.15 Å². The van der Waals surface area contributed by atoms with Gasteiger partial charge < -0.3 is 9.15 Å². The number of unbranched alkanes of at least 4 members (excludes halogenated alkanes) is 2. The third kappa shape index (κ3) is 5.96. The summed E-state index contributed by atoms with van der Waals surface area (Å²) in [6.45, 7) is 6.83. The van der Waals surface area contributed by atoms with Gasteiger partial charge in [0.1, 0.15) is 5.76 Å². The Bertz CT molecular complexity index is 241. The topological polar surface area (TPSA) is 22.4 Å². The van der Waals surface area contributed by atoms with Gasteiger partial charge in [0.05, 0.1) is 12.4 Å². The molecule has 2 nitrogen and oxygen atoms in total. The zero-order valence-corrected chi connectivity index (χ0v) is 10.3. The molecule has 1 unspecified atom stereocenters. The monoisotopic (exact) mass is 223 g/mol. The van der Waals surface area contributed by atoms with Gasteiger partial charge in [0, 0.05) is 13.0 Å². The summed E-state index contributed by atoms with van der Waals surface area (Å²) in [4.78, 5) is 0. The van der Waals surface area contributed by atoms with E-state index in [1.165, 1.54) is 0 Å². The lowest BCUT2D eigenvalue weighted by molar-refractivity contribution is 0.0565. The van der Waals surface area contributed by atoms with E-state index in [1.807, 2.05) is 12.1 Å². The fourth-order valence-corrected chi connectivity index (χ4v) is 1.66. The van der Waals surface area contributed by atoms with Gasteiger partial charge in [-0.25, -0.2) is 0 Å². The van der Waals surface area contributed by atoms with Crippen LogP contribution in [0.3, 0.4) is 0 Å². The summed E-state index contributed by atoms with van der Waals surface area (Å²) in [5, 5.41) is 0. The molecule has 0 fully saturated rings. The van der Waals surface area contributed by atoms with Gasteiger partial charge >= 0.3 is 0 Å². The Morgan fingerprint density at radius 1 is 1.38 bits per heavy atom. The first kappa shape index (κ1) is 13.3. The van der Waals surface area contributed by atoms with Crippen LogP contribution in [0.2, 0.25) is 0 Å². The molecule has 0 aliphatic heterocycles. The van der Waals surface area contributed by atoms with E-state index in [0.717, 1.165) is 50.9 Å². The highest BCUT2D eigenvalue weighted by molar-refractivity contribution is 4.97. The van der Waals surface area contributed by atoms with Gasteiger partial charge in [0.15, 0.2) is 0 Å². The summed E-state index contributed by atoms with van der Waals surface area (Å²) in [5.41, 5.74) is 0. The Morgan fingerprint density at radius 2 is 2.25 bits per heavy atom. The van der Waals surface area contributed by atoms with Crippen LogP contribution in [-0.4, -0.2) is 12.7 Å². The molecule has 0 amide bonds. The third-order valence-corrected chi connectivity index (χ3v) is 2.66. The normalized spacial score (nSPS) is 12.9. The second-order valence-corrected chi connectivity index (χ2v) is 4.21. The van der Waals surface area contributed by atoms with E-state index in [9.17, 15) is 0 Å². The Balaban J connectivity index is 1.91. The molecule has 0 aromatic carbocycles. The molecule has 91 valence electrons. The zero-order valence-electron chi connectivity index (χ0n) is 10.3. The molecule has 1 aromatic rings. The molecule has 0 bridgehead atoms. The number of rotatable bonds is 9. The smallest absolute Gasteiger partial charge is 0.103 e. The Hall–Kier alpha value is -0.760. The van der Waals surface area contributed by atoms with E-state index in [0.29, 0.717) is 6.10 Å². The lowest BCUT2D eigenvalue weighted by Crippen LogP contribution is -2.09. The van der Waals surface area contributed by atoms with Crippen molar-refractivity contribution >= 4 is 0 Å². The van der Waals surface area contributed by atoms with Gasteiger partial charge in [-0.3, -0.25) is 0 Å². The lowest BCUT2D eigenvalue weighted by atomic mass is 10.2. The van der Waals surface area contributed by atoms with Gasteiger partial charge in [-0.2, -0.15) is 0 Å². The fourth-order valence-electron chi connectivity index (χ4n) is 1.66. The van der Waals surface area contributed by atoms with E-state index in [2.05, 4.69) is 13.8 Å². The molecule has 1 radical (unpaired) electrons. The molecular formula is C14H23O2. The van der Waals surface area contributed by atoms with Crippen LogP contribution in [0.4, 0.5) is 0 Å². The predicted molar refractivity (Wildman–Crippen MR) is 66.3 cm³/mol. The first-order valence-electron chi connectivity index (χ1n) is 6.26. The van der Waals surface area contributed by atoms with Crippen molar-refractivity contribution in [2.45, 2.75) is 51.6 Å². The maximum atomic E-state index is 5.71. The van der Waals surface area contributed by atoms with Crippen molar-refractivity contribution < 1.29 is 9.15 Å². The van der Waals surface area contributed by atoms with Crippen LogP contribution in [0.1, 0.15) is 44.8 Å². The molecule has 1 atom stereocenters. The van der Waals surface area contributed by atoms with E-state index in [1.54, 1.807) is 6.26 Å². The van der Waals surface area contributed by atoms with Crippen LogP contribution in [0.25, 0.3) is 0 Å². The van der Waals surface area contributed by atoms with Crippen LogP contribution in [0, 0.1) is 6.92 Å². The Kier molecular flexibility index (Phi) is 6.98. The van der Waals surface area contributed by atoms with E-state index in [-0.39, 0.29) is 0 Å². The molecular weight excluding hydrogens is 200 g/mol. The standard InChI is InChI=1S/C14H23O2/c1-3-4-8-13(2)15-11-6-5-9-14-10-7-12-16-14/h7,10,12-13H,1,3-6,8-9,11H2,2H3. The highest BCUT2D eigenvalue weighted by Gasteiger charge is 2.01. The molecule has 1 rings (SSSR count). The van der Waals surface area contributed by atoms with E-state index >= 15 is 0 Å². The number of ether oxygens (including phenoxy) is 1. The first-order valence-corrected chi connectivity index (χ1v) is 6.26. The second-order valence-electron chi connectivity index (χ2n) is 4.21. The van der Waals surface area contributed by atoms with Crippen LogP contribution in [0.5, 0.6) is 0 Å². The van der Waals surface area contributed by atoms with Crippen LogP contribution in [0.15, 0.2) is 22.8 Å². The first-order chi connectivity index (χ1) is 7.83. The van der Waals surface area contributed by atoms with Crippen LogP contribution < -0.4 is 0 Å². The van der Waals surface area contributed by atoms with Crippen LogP contribution >= 0.6 is 0 Å². The molecule has 0 saturated carbocycles. The van der Waals surface area contributed by atoms with Crippen molar-refractivity contribution in [2.24, 2.45) is 0 Å². The van der Waals surface area contributed by atoms with Crippen molar-refractivity contribution in [3.63, 3.8) is 0 Å². The van der Waals surface area contributed by atoms with E-state index < -0.39 is 0 Å². The molecule has 0 saturated heterocycles. The third-order valence-electron chi connectivity index (χ3n) is 2.66. The number of furan rings is 1. The van der Waals surface area contributed by atoms with Gasteiger partial charge in [0.2, 0.25) is 0 Å². The van der Waals surface area contributed by atoms with Crippen molar-refractivity contribution in [2.75, 3.05) is 6.61 Å². The number of hydrogen-bond acceptors (Lipinski definition) is 2. The Labute approximate surface area is 99.0 Å². The summed E-state index contributed by atoms with van der Waals surface area (Å²) >= 11 is 0. The minimum absolute atomic E-state index is 0.380. The second kappa shape index (κ2) is 8.40. The van der Waals surface area contributed by atoms with Crippen LogP contribution in [-0.2, 0) is 11.2 Å². The average molecular weight is 223 g/mol. The van der Waals surface area contributed by atoms with Crippen molar-refractivity contribution in [1.29, 1.82) is 0 Å². The zero-order chi connectivity index (χ0) is 11.6. The minimum atomic E-state index is 0.380. The molecule has 0 spiro atoms. The molecule has 2 heteroatoms. The molecule has 0 N–H and O–H groups in total. The summed E-state index contributed by atoms with van der Waals surface area (Å²) in [6, 6.07) is 3.96. The summed E-state index contributed by atoms with van der Waals surface area (Å²) < 4.78 is 11.0. The fraction of sp³-hybridized carbons (Fsp3) is 0.643. The minimum Gasteiger partial charge on any atom is -0.469 e. The lowest BCUT2D eigenvalue weighted by Gasteiger charge is -2.11. The average Bonchev–Trinajstić information content (AvgIpc) is 2.79. The maximum absolute atomic E-state index is 5.71. The quantitative estimate of drug-likeness (QED) is 0.590. The molecule has 0 aliphatic rings. The van der Waals surface area contributed by atoms with Crippen molar-refractivity contribution in [3.05, 3.63) is 31.1 Å². The highest BCUT2D eigenvalue weighted by Crippen LogP contribution is 2.08. The number of hydrogen-bond donors (Lipinski definition) is 0. The molecule has 1 heterocycles. The van der Waals surface area contributed by atoms with Gasteiger partial charge in [0.25, 0.3) is 0 Å². The largest absolute Gasteiger partial charge is 0.469 e. The van der Waals surface area contributed by atoms with Gasteiger partial charge in [-0.1, -0.05) is 19.8 Å². The van der Waals surface area contributed by atoms with Crippen molar-refractivity contribution in [1.82, 2.24) is 0 Å². The summed E-state index contributed by atoms with van der Waals surface area (Å²) in [7, 11) is 0.